The summed E-state index contributed by atoms with van der Waals surface area (Å²) >= 11 is 0. The maximum absolute atomic E-state index is 11.1. The summed E-state index contributed by atoms with van der Waals surface area (Å²) in [4.78, 5) is 15.1. The number of hydrogen-bond acceptors (Lipinski definition) is 4. The summed E-state index contributed by atoms with van der Waals surface area (Å²) in [5.74, 6) is -0.800. The lowest BCUT2D eigenvalue weighted by atomic mass is 10.1. The van der Waals surface area contributed by atoms with Gasteiger partial charge in [0.15, 0.2) is 0 Å². The van der Waals surface area contributed by atoms with Crippen LogP contribution in [0.25, 0.3) is 0 Å². The number of carbonyl (C=O) groups is 1. The van der Waals surface area contributed by atoms with Gasteiger partial charge in [0.05, 0.1) is 6.61 Å². The van der Waals surface area contributed by atoms with E-state index in [1.165, 1.54) is 6.07 Å². The maximum atomic E-state index is 11.1. The van der Waals surface area contributed by atoms with Gasteiger partial charge in [0.25, 0.3) is 0 Å². The first-order valence-corrected chi connectivity index (χ1v) is 5.82. The van der Waals surface area contributed by atoms with Crippen molar-refractivity contribution in [2.24, 2.45) is 0 Å². The van der Waals surface area contributed by atoms with Gasteiger partial charge in [0, 0.05) is 24.5 Å². The molecule has 0 amide bonds. The highest BCUT2D eigenvalue weighted by Gasteiger charge is 2.14. The van der Waals surface area contributed by atoms with Crippen LogP contribution in [0.15, 0.2) is 42.7 Å². The summed E-state index contributed by atoms with van der Waals surface area (Å²) in [6.45, 7) is 0.370. The Morgan fingerprint density at radius 2 is 2.16 bits per heavy atom. The van der Waals surface area contributed by atoms with Crippen LogP contribution in [0.4, 0.5) is 5.69 Å². The summed E-state index contributed by atoms with van der Waals surface area (Å²) in [5, 5.41) is 9.09. The number of pyridine rings is 1. The monoisotopic (exact) mass is 258 g/mol. The molecule has 0 unspecified atom stereocenters. The van der Waals surface area contributed by atoms with Gasteiger partial charge in [-0.05, 0) is 23.8 Å². The molecule has 0 aliphatic carbocycles. The van der Waals surface area contributed by atoms with E-state index < -0.39 is 5.97 Å². The molecule has 1 aromatic carbocycles. The van der Waals surface area contributed by atoms with E-state index in [9.17, 15) is 4.79 Å². The number of carboxylic acids is 1. The largest absolute Gasteiger partial charge is 0.492 e. The molecule has 1 aromatic heterocycles. The molecule has 0 spiro atoms. The van der Waals surface area contributed by atoms with Crippen molar-refractivity contribution >= 4 is 11.7 Å². The molecular formula is C14H14N2O3. The van der Waals surface area contributed by atoms with Crippen LogP contribution in [-0.2, 0) is 6.42 Å². The van der Waals surface area contributed by atoms with Gasteiger partial charge in [0.2, 0.25) is 0 Å². The summed E-state index contributed by atoms with van der Waals surface area (Å²) in [6, 6.07) is 8.59. The van der Waals surface area contributed by atoms with Crippen molar-refractivity contribution in [3.8, 4) is 5.75 Å². The number of nitrogens with two attached hydrogens (primary N) is 1. The van der Waals surface area contributed by atoms with Crippen LogP contribution in [-0.4, -0.2) is 22.7 Å². The fraction of sp³-hybridized carbons (Fsp3) is 0.143. The van der Waals surface area contributed by atoms with E-state index in [1.807, 2.05) is 12.1 Å². The second kappa shape index (κ2) is 5.86. The minimum atomic E-state index is -1.09. The molecule has 0 saturated heterocycles. The molecule has 19 heavy (non-hydrogen) atoms. The molecule has 2 rings (SSSR count). The number of aromatic nitrogens is 1. The van der Waals surface area contributed by atoms with Crippen LogP contribution in [0, 0.1) is 0 Å². The van der Waals surface area contributed by atoms with Gasteiger partial charge < -0.3 is 15.6 Å². The fourth-order valence-electron chi connectivity index (χ4n) is 1.72. The third kappa shape index (κ3) is 3.22. The van der Waals surface area contributed by atoms with Crippen LogP contribution in [0.1, 0.15) is 15.9 Å². The normalized spacial score (nSPS) is 10.1. The van der Waals surface area contributed by atoms with Crippen LogP contribution in [0.3, 0.4) is 0 Å². The lowest BCUT2D eigenvalue weighted by molar-refractivity contribution is 0.0693. The van der Waals surface area contributed by atoms with E-state index in [-0.39, 0.29) is 17.0 Å². The van der Waals surface area contributed by atoms with Crippen LogP contribution in [0.5, 0.6) is 5.75 Å². The van der Waals surface area contributed by atoms with Gasteiger partial charge >= 0.3 is 5.97 Å². The molecule has 0 saturated carbocycles. The van der Waals surface area contributed by atoms with Crippen molar-refractivity contribution < 1.29 is 14.6 Å². The molecule has 0 radical (unpaired) electrons. The van der Waals surface area contributed by atoms with Gasteiger partial charge in [-0.2, -0.15) is 0 Å². The lowest BCUT2D eigenvalue weighted by Gasteiger charge is -2.10. The first-order valence-electron chi connectivity index (χ1n) is 5.82. The molecule has 0 aliphatic rings. The second-order valence-electron chi connectivity index (χ2n) is 3.99. The Morgan fingerprint density at radius 3 is 2.84 bits per heavy atom. The highest BCUT2D eigenvalue weighted by molar-refractivity contribution is 5.96. The number of nitrogen functional groups attached to an aromatic ring is 1. The number of ether oxygens (including phenoxy) is 1. The standard InChI is InChI=1S/C14H14N2O3/c15-11-4-1-5-12(13(11)14(17)18)19-8-6-10-3-2-7-16-9-10/h1-5,7,9H,6,8,15H2,(H,17,18). The number of benzene rings is 1. The number of carboxylic acid groups (broad SMARTS) is 1. The van der Waals surface area contributed by atoms with Crippen molar-refractivity contribution in [1.29, 1.82) is 0 Å². The first-order chi connectivity index (χ1) is 9.18. The molecule has 98 valence electrons. The average molecular weight is 258 g/mol. The Morgan fingerprint density at radius 1 is 1.32 bits per heavy atom. The molecule has 0 bridgehead atoms. The fourth-order valence-corrected chi connectivity index (χ4v) is 1.72. The van der Waals surface area contributed by atoms with Crippen molar-refractivity contribution in [2.45, 2.75) is 6.42 Å². The Kier molecular flexibility index (Phi) is 3.97. The van der Waals surface area contributed by atoms with Crippen LogP contribution < -0.4 is 10.5 Å². The molecule has 0 aliphatic heterocycles. The molecule has 0 atom stereocenters. The zero-order valence-corrected chi connectivity index (χ0v) is 10.2. The Hall–Kier alpha value is -2.56. The highest BCUT2D eigenvalue weighted by Crippen LogP contribution is 2.24. The van der Waals surface area contributed by atoms with Gasteiger partial charge in [-0.1, -0.05) is 12.1 Å². The number of nitrogens with zero attached hydrogens (tertiary/aromatic N) is 1. The van der Waals surface area contributed by atoms with E-state index in [1.54, 1.807) is 24.5 Å². The Labute approximate surface area is 110 Å². The summed E-state index contributed by atoms with van der Waals surface area (Å²) < 4.78 is 5.49. The van der Waals surface area contributed by atoms with E-state index in [0.29, 0.717) is 13.0 Å². The Balaban J connectivity index is 2.04. The zero-order valence-electron chi connectivity index (χ0n) is 10.2. The predicted octanol–water partition coefficient (Wildman–Crippen LogP) is 1.98. The van der Waals surface area contributed by atoms with E-state index in [4.69, 9.17) is 15.6 Å². The predicted molar refractivity (Wildman–Crippen MR) is 71.2 cm³/mol. The van der Waals surface area contributed by atoms with Crippen LogP contribution in [0.2, 0.25) is 0 Å². The minimum absolute atomic E-state index is 0.00804. The highest BCUT2D eigenvalue weighted by atomic mass is 16.5. The van der Waals surface area contributed by atoms with Crippen molar-refractivity contribution in [2.75, 3.05) is 12.3 Å². The summed E-state index contributed by atoms with van der Waals surface area (Å²) in [6.07, 6.45) is 4.10. The zero-order chi connectivity index (χ0) is 13.7. The number of aromatic carboxylic acids is 1. The van der Waals surface area contributed by atoms with Gasteiger partial charge in [0.1, 0.15) is 11.3 Å². The third-order valence-electron chi connectivity index (χ3n) is 2.64. The summed E-state index contributed by atoms with van der Waals surface area (Å²) in [7, 11) is 0. The molecule has 2 aromatic rings. The molecule has 3 N–H and O–H groups in total. The second-order valence-corrected chi connectivity index (χ2v) is 3.99. The molecular weight excluding hydrogens is 244 g/mol. The van der Waals surface area contributed by atoms with E-state index >= 15 is 0 Å². The third-order valence-corrected chi connectivity index (χ3v) is 2.64. The smallest absolute Gasteiger partial charge is 0.341 e. The van der Waals surface area contributed by atoms with Crippen molar-refractivity contribution in [1.82, 2.24) is 4.98 Å². The molecule has 5 nitrogen and oxygen atoms in total. The van der Waals surface area contributed by atoms with Gasteiger partial charge in [-0.3, -0.25) is 4.98 Å². The number of rotatable bonds is 5. The van der Waals surface area contributed by atoms with Crippen LogP contribution >= 0.6 is 0 Å². The number of anilines is 1. The minimum Gasteiger partial charge on any atom is -0.492 e. The van der Waals surface area contributed by atoms with Crippen molar-refractivity contribution in [3.05, 3.63) is 53.9 Å². The molecule has 5 heteroatoms. The SMILES string of the molecule is Nc1cccc(OCCc2cccnc2)c1C(=O)O. The van der Waals surface area contributed by atoms with Gasteiger partial charge in [-0.15, -0.1) is 0 Å². The first kappa shape index (κ1) is 12.9. The van der Waals surface area contributed by atoms with E-state index in [2.05, 4.69) is 4.98 Å². The van der Waals surface area contributed by atoms with E-state index in [0.717, 1.165) is 5.56 Å². The molecule has 1 heterocycles. The summed E-state index contributed by atoms with van der Waals surface area (Å²) in [5.41, 5.74) is 6.87. The van der Waals surface area contributed by atoms with Gasteiger partial charge in [-0.25, -0.2) is 4.79 Å². The maximum Gasteiger partial charge on any atom is 0.341 e. The topological polar surface area (TPSA) is 85.4 Å². The molecule has 0 fully saturated rings. The Bertz CT molecular complexity index is 570. The quantitative estimate of drug-likeness (QED) is 0.801. The van der Waals surface area contributed by atoms with Crippen molar-refractivity contribution in [3.63, 3.8) is 0 Å². The lowest BCUT2D eigenvalue weighted by Crippen LogP contribution is -2.08. The number of hydrogen-bond donors (Lipinski definition) is 2. The average Bonchev–Trinajstić information content (AvgIpc) is 2.39.